The number of hydrogen-bond acceptors (Lipinski definition) is 4. The highest BCUT2D eigenvalue weighted by molar-refractivity contribution is 7.09. The van der Waals surface area contributed by atoms with Crippen molar-refractivity contribution in [3.63, 3.8) is 0 Å². The van der Waals surface area contributed by atoms with E-state index in [1.54, 1.807) is 36.5 Å². The highest BCUT2D eigenvalue weighted by Crippen LogP contribution is 2.16. The minimum absolute atomic E-state index is 0.174. The Labute approximate surface area is 138 Å². The number of carbonyl (C=O) groups is 1. The van der Waals surface area contributed by atoms with E-state index < -0.39 is 5.82 Å². The molecule has 0 aliphatic heterocycles. The van der Waals surface area contributed by atoms with Crippen molar-refractivity contribution >= 4 is 17.4 Å². The zero-order valence-electron chi connectivity index (χ0n) is 13.3. The Kier molecular flexibility index (Phi) is 5.92. The van der Waals surface area contributed by atoms with Crippen molar-refractivity contribution in [3.05, 3.63) is 46.2 Å². The van der Waals surface area contributed by atoms with Gasteiger partial charge < -0.3 is 15.4 Å². The van der Waals surface area contributed by atoms with Crippen LogP contribution in [-0.2, 0) is 0 Å². The first kappa shape index (κ1) is 17.2. The third-order valence-corrected chi connectivity index (χ3v) is 3.92. The highest BCUT2D eigenvalue weighted by atomic mass is 32.1. The maximum absolute atomic E-state index is 13.4. The molecule has 0 radical (unpaired) electrons. The van der Waals surface area contributed by atoms with Gasteiger partial charge in [0.1, 0.15) is 6.61 Å². The van der Waals surface area contributed by atoms with Crippen LogP contribution in [-0.4, -0.2) is 23.7 Å². The Bertz CT molecular complexity index is 662. The molecule has 2 amide bonds. The molecule has 0 unspecified atom stereocenters. The van der Waals surface area contributed by atoms with E-state index in [9.17, 15) is 9.18 Å². The fourth-order valence-electron chi connectivity index (χ4n) is 1.93. The van der Waals surface area contributed by atoms with Crippen LogP contribution < -0.4 is 15.4 Å². The van der Waals surface area contributed by atoms with Gasteiger partial charge in [0.05, 0.1) is 22.8 Å². The summed E-state index contributed by atoms with van der Waals surface area (Å²) in [4.78, 5) is 16.3. The van der Waals surface area contributed by atoms with Crippen molar-refractivity contribution in [2.24, 2.45) is 0 Å². The normalized spacial score (nSPS) is 13.2. The van der Waals surface area contributed by atoms with Gasteiger partial charge in [0.25, 0.3) is 0 Å². The lowest BCUT2D eigenvalue weighted by molar-refractivity contribution is 0.222. The van der Waals surface area contributed by atoms with Crippen molar-refractivity contribution in [3.8, 4) is 5.75 Å². The predicted molar refractivity (Wildman–Crippen MR) is 88.3 cm³/mol. The molecule has 1 aromatic carbocycles. The van der Waals surface area contributed by atoms with Crippen molar-refractivity contribution in [2.45, 2.75) is 32.9 Å². The van der Waals surface area contributed by atoms with Crippen molar-refractivity contribution in [1.29, 1.82) is 0 Å². The van der Waals surface area contributed by atoms with Crippen LogP contribution in [0.25, 0.3) is 0 Å². The van der Waals surface area contributed by atoms with Gasteiger partial charge in [-0.25, -0.2) is 14.2 Å². The van der Waals surface area contributed by atoms with Gasteiger partial charge in [-0.1, -0.05) is 12.1 Å². The number of hydrogen-bond donors (Lipinski definition) is 2. The van der Waals surface area contributed by atoms with Crippen molar-refractivity contribution < 1.29 is 13.9 Å². The van der Waals surface area contributed by atoms with Crippen molar-refractivity contribution in [2.75, 3.05) is 6.61 Å². The first-order valence-corrected chi connectivity index (χ1v) is 8.20. The summed E-state index contributed by atoms with van der Waals surface area (Å²) in [5, 5.41) is 8.45. The van der Waals surface area contributed by atoms with Crippen LogP contribution in [0.1, 0.15) is 30.6 Å². The average Bonchev–Trinajstić information content (AvgIpc) is 2.93. The summed E-state index contributed by atoms with van der Waals surface area (Å²) in [5.41, 5.74) is 0.831. The summed E-state index contributed by atoms with van der Waals surface area (Å²) in [5.74, 6) is -0.246. The van der Waals surface area contributed by atoms with E-state index >= 15 is 0 Å². The summed E-state index contributed by atoms with van der Waals surface area (Å²) in [6.07, 6.45) is 0. The molecule has 2 rings (SSSR count). The number of nitrogens with one attached hydrogen (secondary N) is 2. The number of halogens is 1. The lowest BCUT2D eigenvalue weighted by Gasteiger charge is -2.18. The second-order valence-corrected chi connectivity index (χ2v) is 6.34. The SMILES string of the molecule is Cc1nc([C@@H](C)NC(=O)N[C@H](C)COc2ccccc2F)cs1. The first-order valence-electron chi connectivity index (χ1n) is 7.32. The van der Waals surface area contributed by atoms with Gasteiger partial charge in [0.2, 0.25) is 0 Å². The van der Waals surface area contributed by atoms with Gasteiger partial charge in [0, 0.05) is 5.38 Å². The van der Waals surface area contributed by atoms with Gasteiger partial charge in [-0.05, 0) is 32.9 Å². The number of aryl methyl sites for hydroxylation is 1. The molecule has 0 saturated carbocycles. The number of carbonyl (C=O) groups excluding carboxylic acids is 1. The zero-order valence-corrected chi connectivity index (χ0v) is 14.1. The molecular formula is C16H20FN3O2S. The minimum atomic E-state index is -0.420. The number of rotatable bonds is 6. The van der Waals surface area contributed by atoms with E-state index in [-0.39, 0.29) is 30.5 Å². The van der Waals surface area contributed by atoms with Crippen LogP contribution in [0, 0.1) is 12.7 Å². The monoisotopic (exact) mass is 337 g/mol. The second kappa shape index (κ2) is 7.92. The number of urea groups is 1. The molecule has 2 aromatic rings. The second-order valence-electron chi connectivity index (χ2n) is 5.27. The number of aromatic nitrogens is 1. The van der Waals surface area contributed by atoms with E-state index in [1.807, 2.05) is 19.2 Å². The largest absolute Gasteiger partial charge is 0.488 e. The topological polar surface area (TPSA) is 63.2 Å². The summed E-state index contributed by atoms with van der Waals surface area (Å²) in [6, 6.07) is 5.41. The van der Waals surface area contributed by atoms with Crippen LogP contribution in [0.5, 0.6) is 5.75 Å². The highest BCUT2D eigenvalue weighted by Gasteiger charge is 2.14. The van der Waals surface area contributed by atoms with Crippen LogP contribution in [0.15, 0.2) is 29.6 Å². The van der Waals surface area contributed by atoms with Crippen LogP contribution in [0.4, 0.5) is 9.18 Å². The van der Waals surface area contributed by atoms with E-state index in [2.05, 4.69) is 15.6 Å². The van der Waals surface area contributed by atoms with Gasteiger partial charge in [-0.2, -0.15) is 0 Å². The Balaban J connectivity index is 1.77. The van der Waals surface area contributed by atoms with Crippen LogP contribution in [0.3, 0.4) is 0 Å². The number of amides is 2. The number of nitrogens with zero attached hydrogens (tertiary/aromatic N) is 1. The Morgan fingerprint density at radius 3 is 2.74 bits per heavy atom. The van der Waals surface area contributed by atoms with E-state index in [0.717, 1.165) is 10.7 Å². The summed E-state index contributed by atoms with van der Waals surface area (Å²) < 4.78 is 18.8. The zero-order chi connectivity index (χ0) is 16.8. The number of para-hydroxylation sites is 1. The maximum atomic E-state index is 13.4. The molecule has 1 heterocycles. The average molecular weight is 337 g/mol. The van der Waals surface area contributed by atoms with Crippen LogP contribution >= 0.6 is 11.3 Å². The number of thiazole rings is 1. The lowest BCUT2D eigenvalue weighted by atomic mass is 10.2. The molecule has 0 aliphatic carbocycles. The van der Waals surface area contributed by atoms with Gasteiger partial charge in [-0.3, -0.25) is 0 Å². The molecule has 0 spiro atoms. The molecule has 2 atom stereocenters. The fraction of sp³-hybridized carbons (Fsp3) is 0.375. The number of ether oxygens (including phenoxy) is 1. The minimum Gasteiger partial charge on any atom is -0.488 e. The number of benzene rings is 1. The molecular weight excluding hydrogens is 317 g/mol. The molecule has 23 heavy (non-hydrogen) atoms. The van der Waals surface area contributed by atoms with E-state index in [4.69, 9.17) is 4.74 Å². The first-order chi connectivity index (χ1) is 11.0. The smallest absolute Gasteiger partial charge is 0.315 e. The quantitative estimate of drug-likeness (QED) is 0.849. The van der Waals surface area contributed by atoms with E-state index in [1.165, 1.54) is 6.07 Å². The molecule has 2 N–H and O–H groups in total. The van der Waals surface area contributed by atoms with Crippen molar-refractivity contribution in [1.82, 2.24) is 15.6 Å². The Morgan fingerprint density at radius 1 is 1.35 bits per heavy atom. The van der Waals surface area contributed by atoms with E-state index in [0.29, 0.717) is 0 Å². The summed E-state index contributed by atoms with van der Waals surface area (Å²) in [6.45, 7) is 5.76. The molecule has 0 saturated heterocycles. The summed E-state index contributed by atoms with van der Waals surface area (Å²) >= 11 is 1.54. The molecule has 0 bridgehead atoms. The molecule has 7 heteroatoms. The van der Waals surface area contributed by atoms with Gasteiger partial charge in [0.15, 0.2) is 11.6 Å². The van der Waals surface area contributed by atoms with Gasteiger partial charge >= 0.3 is 6.03 Å². The Morgan fingerprint density at radius 2 is 2.09 bits per heavy atom. The molecule has 1 aromatic heterocycles. The fourth-order valence-corrected chi connectivity index (χ4v) is 2.64. The predicted octanol–water partition coefficient (Wildman–Crippen LogP) is 3.42. The summed E-state index contributed by atoms with van der Waals surface area (Å²) in [7, 11) is 0. The lowest BCUT2D eigenvalue weighted by Crippen LogP contribution is -2.44. The molecule has 5 nitrogen and oxygen atoms in total. The molecule has 0 aliphatic rings. The Hall–Kier alpha value is -2.15. The third-order valence-electron chi connectivity index (χ3n) is 3.13. The van der Waals surface area contributed by atoms with Crippen LogP contribution in [0.2, 0.25) is 0 Å². The maximum Gasteiger partial charge on any atom is 0.315 e. The third kappa shape index (κ3) is 5.21. The van der Waals surface area contributed by atoms with Gasteiger partial charge in [-0.15, -0.1) is 11.3 Å². The molecule has 0 fully saturated rings. The standard InChI is InChI=1S/C16H20FN3O2S/c1-10(8-22-15-7-5-4-6-13(15)17)18-16(21)19-11(2)14-9-23-12(3)20-14/h4-7,9-11H,8H2,1-3H3,(H2,18,19,21)/t10-,11-/m1/s1. The molecule has 124 valence electrons.